The van der Waals surface area contributed by atoms with Gasteiger partial charge in [0.2, 0.25) is 6.29 Å². The number of rotatable bonds is 10. The summed E-state index contributed by atoms with van der Waals surface area (Å²) in [7, 11) is 0. The summed E-state index contributed by atoms with van der Waals surface area (Å²) < 4.78 is 44.8. The first-order valence-corrected chi connectivity index (χ1v) is 15.0. The van der Waals surface area contributed by atoms with Gasteiger partial charge in [0, 0.05) is 6.92 Å². The second-order valence-electron chi connectivity index (χ2n) is 11.9. The van der Waals surface area contributed by atoms with Crippen LogP contribution in [0.3, 0.4) is 0 Å². The molecule has 0 aromatic heterocycles. The average molecular weight is 690 g/mol. The molecule has 4 fully saturated rings. The monoisotopic (exact) mass is 689 g/mol. The molecule has 272 valence electrons. The van der Waals surface area contributed by atoms with E-state index >= 15 is 0 Å². The van der Waals surface area contributed by atoms with E-state index in [4.69, 9.17) is 37.9 Å². The Hall–Kier alpha value is -1.29. The molecular formula is C26H43NO20. The number of ether oxygens (including phenoxy) is 8. The molecule has 5 aliphatic rings. The lowest BCUT2D eigenvalue weighted by molar-refractivity contribution is -0.394. The van der Waals surface area contributed by atoms with Crippen LogP contribution in [0.5, 0.6) is 0 Å². The van der Waals surface area contributed by atoms with Crippen LogP contribution >= 0.6 is 0 Å². The zero-order chi connectivity index (χ0) is 34.3. The highest BCUT2D eigenvalue weighted by Gasteiger charge is 2.56. The molecule has 21 heteroatoms. The van der Waals surface area contributed by atoms with E-state index in [-0.39, 0.29) is 5.90 Å². The third-order valence-corrected chi connectivity index (χ3v) is 8.81. The summed E-state index contributed by atoms with van der Waals surface area (Å²) >= 11 is 0. The van der Waals surface area contributed by atoms with E-state index in [1.54, 1.807) is 0 Å². The van der Waals surface area contributed by atoms with Gasteiger partial charge in [-0.1, -0.05) is 0 Å². The Balaban J connectivity index is 1.37. The molecule has 21 nitrogen and oxygen atoms in total. The Labute approximate surface area is 266 Å². The van der Waals surface area contributed by atoms with Crippen LogP contribution in [-0.2, 0) is 37.9 Å². The number of nitrogens with zero attached hydrogens (tertiary/aromatic N) is 1. The van der Waals surface area contributed by atoms with Crippen molar-refractivity contribution in [1.29, 1.82) is 0 Å². The molecule has 0 aromatic carbocycles. The highest BCUT2D eigenvalue weighted by Crippen LogP contribution is 2.36. The van der Waals surface area contributed by atoms with Gasteiger partial charge in [0.15, 0.2) is 24.8 Å². The second-order valence-corrected chi connectivity index (χ2v) is 11.9. The maximum Gasteiger partial charge on any atom is 0.227 e. The van der Waals surface area contributed by atoms with Crippen LogP contribution in [-0.4, -0.2) is 216 Å². The van der Waals surface area contributed by atoms with Gasteiger partial charge in [-0.2, -0.15) is 0 Å². The first kappa shape index (κ1) is 37.0. The van der Waals surface area contributed by atoms with Crippen LogP contribution in [0.15, 0.2) is 4.99 Å². The minimum Gasteiger partial charge on any atom is -0.450 e. The number of aliphatic hydroxyl groups excluding tert-OH is 12. The van der Waals surface area contributed by atoms with Crippen molar-refractivity contribution >= 4 is 5.90 Å². The van der Waals surface area contributed by atoms with Crippen molar-refractivity contribution in [2.75, 3.05) is 26.4 Å². The first-order valence-electron chi connectivity index (χ1n) is 15.0. The molecule has 5 heterocycles. The van der Waals surface area contributed by atoms with Gasteiger partial charge in [-0.25, -0.2) is 4.99 Å². The second kappa shape index (κ2) is 15.3. The van der Waals surface area contributed by atoms with Crippen molar-refractivity contribution < 1.29 is 99.2 Å². The molecule has 0 radical (unpaired) electrons. The number of aliphatic hydroxyl groups is 12. The fourth-order valence-corrected chi connectivity index (χ4v) is 6.15. The van der Waals surface area contributed by atoms with E-state index in [9.17, 15) is 61.3 Å². The van der Waals surface area contributed by atoms with Crippen LogP contribution in [0.4, 0.5) is 0 Å². The molecule has 5 rings (SSSR count). The third kappa shape index (κ3) is 7.16. The maximum atomic E-state index is 11.3. The zero-order valence-electron chi connectivity index (χ0n) is 25.0. The van der Waals surface area contributed by atoms with Crippen molar-refractivity contribution in [3.63, 3.8) is 0 Å². The lowest BCUT2D eigenvalue weighted by Crippen LogP contribution is -2.67. The highest BCUT2D eigenvalue weighted by atomic mass is 16.8. The third-order valence-electron chi connectivity index (χ3n) is 8.81. The molecule has 4 saturated heterocycles. The molecule has 0 amide bonds. The number of hydrogen-bond acceptors (Lipinski definition) is 21. The molecule has 0 saturated carbocycles. The van der Waals surface area contributed by atoms with Gasteiger partial charge in [-0.3, -0.25) is 0 Å². The number of aliphatic imine (C=N–C) groups is 1. The topological polar surface area (TPSA) is 329 Å². The lowest BCUT2D eigenvalue weighted by Gasteiger charge is -2.49. The smallest absolute Gasteiger partial charge is 0.227 e. The minimum absolute atomic E-state index is 0.212. The van der Waals surface area contributed by atoms with E-state index < -0.39 is 149 Å². The Morgan fingerprint density at radius 3 is 1.57 bits per heavy atom. The Kier molecular flexibility index (Phi) is 12.0. The molecule has 47 heavy (non-hydrogen) atoms. The van der Waals surface area contributed by atoms with E-state index in [0.29, 0.717) is 0 Å². The zero-order valence-corrected chi connectivity index (χ0v) is 25.0. The van der Waals surface area contributed by atoms with Gasteiger partial charge in [0.05, 0.1) is 26.4 Å². The molecule has 20 atom stereocenters. The van der Waals surface area contributed by atoms with Crippen molar-refractivity contribution in [1.82, 2.24) is 0 Å². The number of hydrogen-bond donors (Lipinski definition) is 12. The van der Waals surface area contributed by atoms with E-state index in [1.165, 1.54) is 6.92 Å². The molecule has 8 unspecified atom stereocenters. The Bertz CT molecular complexity index is 1060. The van der Waals surface area contributed by atoms with Gasteiger partial charge in [0.1, 0.15) is 97.6 Å². The van der Waals surface area contributed by atoms with Crippen molar-refractivity contribution in [3.05, 3.63) is 0 Å². The van der Waals surface area contributed by atoms with E-state index in [2.05, 4.69) is 4.99 Å². The first-order chi connectivity index (χ1) is 22.3. The van der Waals surface area contributed by atoms with E-state index in [1.807, 2.05) is 0 Å². The summed E-state index contributed by atoms with van der Waals surface area (Å²) in [5.41, 5.74) is 0. The fourth-order valence-electron chi connectivity index (χ4n) is 6.15. The Morgan fingerprint density at radius 1 is 0.489 bits per heavy atom. The van der Waals surface area contributed by atoms with Crippen LogP contribution in [0, 0.1) is 0 Å². The van der Waals surface area contributed by atoms with Gasteiger partial charge < -0.3 is 99.2 Å². The molecule has 0 spiro atoms. The molecule has 0 aromatic rings. The van der Waals surface area contributed by atoms with E-state index in [0.717, 1.165) is 0 Å². The molecule has 0 bridgehead atoms. The lowest BCUT2D eigenvalue weighted by atomic mass is 9.95. The summed E-state index contributed by atoms with van der Waals surface area (Å²) in [5.74, 6) is 0.212. The SMILES string of the molecule is CC1=NC2[C@@H](O1)OC(CO)[C@@H](O[C@@H]1OC(CO)[C@@H](O)[C@H](O[C@H]3O[C@@H](CO)[C@@H](O)C(O)C3O[C@H]3O[C@@H](CO)[C@@H](O)C(O)C3O)C1O)[C@@H]2O. The highest BCUT2D eigenvalue weighted by molar-refractivity contribution is 5.75. The van der Waals surface area contributed by atoms with Gasteiger partial charge in [-0.05, 0) is 0 Å². The summed E-state index contributed by atoms with van der Waals surface area (Å²) in [5, 5.41) is 125. The van der Waals surface area contributed by atoms with Gasteiger partial charge >= 0.3 is 0 Å². The largest absolute Gasteiger partial charge is 0.450 e. The summed E-state index contributed by atoms with van der Waals surface area (Å²) in [6.07, 6.45) is -31.8. The summed E-state index contributed by atoms with van der Waals surface area (Å²) in [6, 6.07) is -0.964. The van der Waals surface area contributed by atoms with Crippen LogP contribution in [0.1, 0.15) is 6.92 Å². The van der Waals surface area contributed by atoms with Crippen molar-refractivity contribution in [3.8, 4) is 0 Å². The molecule has 0 aliphatic carbocycles. The normalized spacial score (nSPS) is 52.1. The predicted molar refractivity (Wildman–Crippen MR) is 144 cm³/mol. The summed E-state index contributed by atoms with van der Waals surface area (Å²) in [4.78, 5) is 4.15. The quantitative estimate of drug-likeness (QED) is 0.101. The van der Waals surface area contributed by atoms with Crippen LogP contribution in [0.25, 0.3) is 0 Å². The van der Waals surface area contributed by atoms with Crippen molar-refractivity contribution in [2.24, 2.45) is 4.99 Å². The molecular weight excluding hydrogens is 646 g/mol. The summed E-state index contributed by atoms with van der Waals surface area (Å²) in [6.45, 7) is -1.66. The Morgan fingerprint density at radius 2 is 0.979 bits per heavy atom. The van der Waals surface area contributed by atoms with Crippen molar-refractivity contribution in [2.45, 2.75) is 130 Å². The van der Waals surface area contributed by atoms with Gasteiger partial charge in [-0.15, -0.1) is 0 Å². The average Bonchev–Trinajstić information content (AvgIpc) is 3.44. The minimum atomic E-state index is -1.96. The van der Waals surface area contributed by atoms with Gasteiger partial charge in [0.25, 0.3) is 0 Å². The molecule has 12 N–H and O–H groups in total. The molecule has 5 aliphatic heterocycles. The van der Waals surface area contributed by atoms with Crippen LogP contribution in [0.2, 0.25) is 0 Å². The standard InChI is InChI=1S/C26H43NO20/c1-6-27-11-15(35)20(10(5-31)44-23(11)40-6)45-25-19(39)21(14(34)9(4-30)42-25)46-26-22(17(37)13(33)8(3-29)43-26)47-24-18(38)16(36)12(32)7(2-28)41-24/h7-26,28-39H,2-5H2,1H3/t7-,8-,9?,10?,11?,12+,13+,14+,15+,16?,17?,18?,19?,20+,21-,22?,23-,24+,25-,26+/m0/s1. The predicted octanol–water partition coefficient (Wildman–Crippen LogP) is -8.28. The number of fused-ring (bicyclic) bond motifs is 1. The van der Waals surface area contributed by atoms with Crippen LogP contribution < -0.4 is 0 Å². The maximum absolute atomic E-state index is 11.3. The fraction of sp³-hybridized carbons (Fsp3) is 0.962.